The molecular formula is C18H19N5O2S. The van der Waals surface area contributed by atoms with Gasteiger partial charge in [0.1, 0.15) is 17.7 Å². The second-order valence-corrected chi connectivity index (χ2v) is 7.21. The third kappa shape index (κ3) is 3.37. The monoisotopic (exact) mass is 369 g/mol. The zero-order valence-electron chi connectivity index (χ0n) is 14.6. The minimum atomic E-state index is -0.0518. The van der Waals surface area contributed by atoms with Gasteiger partial charge in [0, 0.05) is 18.2 Å². The molecule has 1 aliphatic heterocycles. The van der Waals surface area contributed by atoms with Crippen LogP contribution in [0.3, 0.4) is 0 Å². The number of nitrogens with zero attached hydrogens (tertiary/aromatic N) is 4. The third-order valence-corrected chi connectivity index (χ3v) is 5.16. The Bertz CT molecular complexity index is 946. The van der Waals surface area contributed by atoms with Crippen molar-refractivity contribution in [2.45, 2.75) is 31.5 Å². The molecule has 1 amide bonds. The van der Waals surface area contributed by atoms with E-state index in [2.05, 4.69) is 26.6 Å². The average Bonchev–Trinajstić information content (AvgIpc) is 3.21. The highest BCUT2D eigenvalue weighted by Crippen LogP contribution is 2.27. The topological polar surface area (TPSA) is 81.4 Å². The molecule has 1 unspecified atom stereocenters. The number of rotatable bonds is 5. The fraction of sp³-hybridized carbons (Fsp3) is 0.333. The van der Waals surface area contributed by atoms with Gasteiger partial charge >= 0.3 is 0 Å². The number of thioether (sulfide) groups is 1. The lowest BCUT2D eigenvalue weighted by Gasteiger charge is -2.11. The van der Waals surface area contributed by atoms with Crippen LogP contribution in [0.5, 0.6) is 5.75 Å². The first-order chi connectivity index (χ1) is 12.6. The van der Waals surface area contributed by atoms with E-state index in [0.717, 1.165) is 29.3 Å². The number of hydrogen-bond donors (Lipinski definition) is 1. The van der Waals surface area contributed by atoms with Crippen LogP contribution >= 0.6 is 11.8 Å². The van der Waals surface area contributed by atoms with Gasteiger partial charge in [-0.15, -0.1) is 10.2 Å². The maximum absolute atomic E-state index is 12.2. The normalized spacial score (nSPS) is 15.7. The van der Waals surface area contributed by atoms with Crippen molar-refractivity contribution in [2.75, 3.05) is 12.3 Å². The minimum Gasteiger partial charge on any atom is -0.488 e. The van der Waals surface area contributed by atoms with E-state index in [0.29, 0.717) is 11.7 Å². The molecule has 0 saturated carbocycles. The van der Waals surface area contributed by atoms with Crippen molar-refractivity contribution in [3.05, 3.63) is 47.4 Å². The third-order valence-electron chi connectivity index (χ3n) is 4.23. The van der Waals surface area contributed by atoms with Gasteiger partial charge in [0.15, 0.2) is 10.8 Å². The molecule has 0 fully saturated rings. The molecule has 0 aliphatic carbocycles. The Morgan fingerprint density at radius 2 is 2.19 bits per heavy atom. The van der Waals surface area contributed by atoms with Crippen LogP contribution in [-0.4, -0.2) is 43.9 Å². The largest absolute Gasteiger partial charge is 0.488 e. The molecule has 7 nitrogen and oxygen atoms in total. The van der Waals surface area contributed by atoms with Crippen molar-refractivity contribution in [3.63, 3.8) is 0 Å². The summed E-state index contributed by atoms with van der Waals surface area (Å²) in [6, 6.07) is 9.85. The predicted octanol–water partition coefficient (Wildman–Crippen LogP) is 1.95. The quantitative estimate of drug-likeness (QED) is 0.693. The number of para-hydroxylation sites is 1. The lowest BCUT2D eigenvalue weighted by atomic mass is 10.1. The van der Waals surface area contributed by atoms with Crippen LogP contribution in [0, 0.1) is 13.8 Å². The molecule has 1 atom stereocenters. The molecule has 1 N–H and O–H groups in total. The number of fused-ring (bicyclic) bond motifs is 2. The average molecular weight is 369 g/mol. The van der Waals surface area contributed by atoms with Crippen molar-refractivity contribution < 1.29 is 9.53 Å². The van der Waals surface area contributed by atoms with Gasteiger partial charge in [-0.25, -0.2) is 4.98 Å². The van der Waals surface area contributed by atoms with Crippen LogP contribution in [-0.2, 0) is 11.2 Å². The maximum Gasteiger partial charge on any atom is 0.230 e. The highest BCUT2D eigenvalue weighted by Gasteiger charge is 2.22. The van der Waals surface area contributed by atoms with Gasteiger partial charge in [-0.1, -0.05) is 30.0 Å². The molecule has 1 aliphatic rings. The maximum atomic E-state index is 12.2. The lowest BCUT2D eigenvalue weighted by Crippen LogP contribution is -2.35. The molecule has 0 saturated heterocycles. The molecule has 0 spiro atoms. The summed E-state index contributed by atoms with van der Waals surface area (Å²) >= 11 is 1.35. The van der Waals surface area contributed by atoms with Gasteiger partial charge in [0.2, 0.25) is 5.91 Å². The first-order valence-electron chi connectivity index (χ1n) is 8.43. The summed E-state index contributed by atoms with van der Waals surface area (Å²) < 4.78 is 7.70. The molecule has 8 heteroatoms. The molecule has 3 heterocycles. The van der Waals surface area contributed by atoms with Crippen molar-refractivity contribution in [2.24, 2.45) is 0 Å². The van der Waals surface area contributed by atoms with Crippen molar-refractivity contribution in [3.8, 4) is 5.75 Å². The van der Waals surface area contributed by atoms with Crippen LogP contribution in [0.1, 0.15) is 17.1 Å². The van der Waals surface area contributed by atoms with E-state index in [9.17, 15) is 4.79 Å². The standard InChI is InChI=1S/C18H19N5O2S/c1-11-7-16-21-22-18(23(16)12(2)20-11)26-10-17(24)19-9-14-8-13-5-3-4-6-15(13)25-14/h3-7,14H,8-10H2,1-2H3,(H,19,24). The number of carbonyl (C=O) groups is 1. The van der Waals surface area contributed by atoms with E-state index in [4.69, 9.17) is 4.74 Å². The van der Waals surface area contributed by atoms with Crippen LogP contribution in [0.4, 0.5) is 0 Å². The van der Waals surface area contributed by atoms with Gasteiger partial charge in [0.25, 0.3) is 0 Å². The van der Waals surface area contributed by atoms with Gasteiger partial charge in [-0.2, -0.15) is 0 Å². The Morgan fingerprint density at radius 1 is 1.35 bits per heavy atom. The molecule has 1 aromatic carbocycles. The number of carbonyl (C=O) groups excluding carboxylic acids is 1. The molecule has 0 bridgehead atoms. The van der Waals surface area contributed by atoms with Gasteiger partial charge in [-0.05, 0) is 25.5 Å². The number of benzene rings is 1. The Balaban J connectivity index is 1.31. The number of hydrogen-bond acceptors (Lipinski definition) is 6. The summed E-state index contributed by atoms with van der Waals surface area (Å²) in [5.74, 6) is 1.94. The van der Waals surface area contributed by atoms with E-state index < -0.39 is 0 Å². The second kappa shape index (κ2) is 6.95. The van der Waals surface area contributed by atoms with E-state index in [1.807, 2.05) is 42.5 Å². The molecule has 0 radical (unpaired) electrons. The van der Waals surface area contributed by atoms with Crippen LogP contribution < -0.4 is 10.1 Å². The van der Waals surface area contributed by atoms with Crippen molar-refractivity contribution in [1.29, 1.82) is 0 Å². The zero-order valence-corrected chi connectivity index (χ0v) is 15.4. The summed E-state index contributed by atoms with van der Waals surface area (Å²) in [6.45, 7) is 4.32. The number of nitrogens with one attached hydrogen (secondary N) is 1. The number of aromatic nitrogens is 4. The Hall–Kier alpha value is -2.61. The van der Waals surface area contributed by atoms with E-state index in [-0.39, 0.29) is 17.8 Å². The molecule has 2 aromatic heterocycles. The smallest absolute Gasteiger partial charge is 0.230 e. The molecular weight excluding hydrogens is 350 g/mol. The molecule has 4 rings (SSSR count). The van der Waals surface area contributed by atoms with Gasteiger partial charge in [-0.3, -0.25) is 9.20 Å². The summed E-state index contributed by atoms with van der Waals surface area (Å²) in [5, 5.41) is 11.9. The van der Waals surface area contributed by atoms with Crippen molar-refractivity contribution >= 4 is 23.3 Å². The summed E-state index contributed by atoms with van der Waals surface area (Å²) in [4.78, 5) is 16.6. The van der Waals surface area contributed by atoms with Crippen molar-refractivity contribution in [1.82, 2.24) is 24.9 Å². The first kappa shape index (κ1) is 16.8. The lowest BCUT2D eigenvalue weighted by molar-refractivity contribution is -0.118. The predicted molar refractivity (Wildman–Crippen MR) is 98.6 cm³/mol. The fourth-order valence-corrected chi connectivity index (χ4v) is 3.89. The molecule has 3 aromatic rings. The summed E-state index contributed by atoms with van der Waals surface area (Å²) in [5.41, 5.74) is 2.83. The number of amides is 1. The summed E-state index contributed by atoms with van der Waals surface area (Å²) in [7, 11) is 0. The van der Waals surface area contributed by atoms with Gasteiger partial charge < -0.3 is 10.1 Å². The molecule has 134 valence electrons. The molecule has 26 heavy (non-hydrogen) atoms. The fourth-order valence-electron chi connectivity index (χ4n) is 3.07. The zero-order chi connectivity index (χ0) is 18.1. The van der Waals surface area contributed by atoms with Crippen LogP contribution in [0.25, 0.3) is 5.65 Å². The first-order valence-corrected chi connectivity index (χ1v) is 9.42. The number of ether oxygens (including phenoxy) is 1. The van der Waals surface area contributed by atoms with E-state index in [1.54, 1.807) is 0 Å². The Labute approximate surface area is 155 Å². The second-order valence-electron chi connectivity index (χ2n) is 6.27. The van der Waals surface area contributed by atoms with Crippen LogP contribution in [0.2, 0.25) is 0 Å². The van der Waals surface area contributed by atoms with E-state index in [1.165, 1.54) is 17.3 Å². The highest BCUT2D eigenvalue weighted by atomic mass is 32.2. The van der Waals surface area contributed by atoms with E-state index >= 15 is 0 Å². The minimum absolute atomic E-state index is 0.00954. The Kier molecular flexibility index (Phi) is 4.50. The van der Waals surface area contributed by atoms with Gasteiger partial charge in [0.05, 0.1) is 12.3 Å². The summed E-state index contributed by atoms with van der Waals surface area (Å²) in [6.07, 6.45) is 0.813. The SMILES string of the molecule is Cc1cc2nnc(SCC(=O)NCC3Cc4ccccc4O3)n2c(C)n1. The highest BCUT2D eigenvalue weighted by molar-refractivity contribution is 7.99. The van der Waals surface area contributed by atoms with Crippen LogP contribution in [0.15, 0.2) is 35.5 Å². The number of aryl methyl sites for hydroxylation is 2. The Morgan fingerprint density at radius 3 is 3.04 bits per heavy atom.